The first-order valence-corrected chi connectivity index (χ1v) is 16.0. The number of hydrogen-bond acceptors (Lipinski definition) is 4. The fraction of sp³-hybridized carbons (Fsp3) is 0.257. The molecule has 240 valence electrons. The fourth-order valence-corrected chi connectivity index (χ4v) is 7.21. The number of imidazole rings is 1. The predicted octanol–water partition coefficient (Wildman–Crippen LogP) is 7.43. The van der Waals surface area contributed by atoms with E-state index in [0.717, 1.165) is 28.6 Å². The number of aromatic nitrogens is 4. The number of nitrogens with zero attached hydrogens (tertiary/aromatic N) is 6. The van der Waals surface area contributed by atoms with Crippen molar-refractivity contribution in [2.24, 2.45) is 13.0 Å². The third kappa shape index (κ3) is 5.54. The number of rotatable bonds is 5. The molecule has 8 nitrogen and oxygen atoms in total. The van der Waals surface area contributed by atoms with Crippen molar-refractivity contribution < 1.29 is 22.8 Å². The van der Waals surface area contributed by atoms with Gasteiger partial charge < -0.3 is 9.47 Å². The quantitative estimate of drug-likeness (QED) is 0.191. The topological polar surface area (TPSA) is 76.3 Å². The first-order valence-electron chi connectivity index (χ1n) is 15.2. The maximum absolute atomic E-state index is 14.5. The van der Waals surface area contributed by atoms with Crippen LogP contribution in [0.25, 0.3) is 11.4 Å². The molecule has 2 aliphatic rings. The van der Waals surface area contributed by atoms with Crippen LogP contribution in [0, 0.1) is 5.92 Å². The number of carbonyl (C=O) groups excluding carboxylic acids is 2. The molecule has 0 aliphatic carbocycles. The van der Waals surface area contributed by atoms with E-state index in [1.165, 1.54) is 12.1 Å². The van der Waals surface area contributed by atoms with Crippen LogP contribution in [0.15, 0.2) is 95.9 Å². The molecule has 7 rings (SSSR count). The largest absolute Gasteiger partial charge is 0.417 e. The zero-order valence-corrected chi connectivity index (χ0v) is 27.1. The lowest BCUT2D eigenvalue weighted by Crippen LogP contribution is -2.56. The van der Waals surface area contributed by atoms with E-state index in [-0.39, 0.29) is 22.5 Å². The monoisotopic (exact) mass is 702 g/mol. The summed E-state index contributed by atoms with van der Waals surface area (Å²) in [6.07, 6.45) is 1.60. The van der Waals surface area contributed by atoms with Crippen molar-refractivity contribution >= 4 is 39.2 Å². The van der Waals surface area contributed by atoms with Crippen molar-refractivity contribution in [3.05, 3.63) is 118 Å². The minimum atomic E-state index is -4.62. The van der Waals surface area contributed by atoms with Gasteiger partial charge in [0, 0.05) is 59.6 Å². The van der Waals surface area contributed by atoms with Crippen molar-refractivity contribution in [3.63, 3.8) is 0 Å². The van der Waals surface area contributed by atoms with E-state index in [1.54, 1.807) is 22.2 Å². The highest BCUT2D eigenvalue weighted by atomic mass is 79.9. The Kier molecular flexibility index (Phi) is 7.78. The van der Waals surface area contributed by atoms with Gasteiger partial charge in [0.15, 0.2) is 0 Å². The van der Waals surface area contributed by atoms with E-state index in [1.807, 2.05) is 84.0 Å². The highest BCUT2D eigenvalue weighted by molar-refractivity contribution is 9.10. The SMILES string of the molecule is C[C@@H]1CC2C(=O)N(c3ccc(-c4nccn4C)cc3)c3c(Cc4ccccc4)cnn3C2CN1C(=O)c1ccc(Br)c(C(F)(F)F)c1. The lowest BCUT2D eigenvalue weighted by atomic mass is 9.84. The summed E-state index contributed by atoms with van der Waals surface area (Å²) in [7, 11) is 1.92. The standard InChI is InChI=1S/C35H30BrF3N6O2/c1-21-16-27-30(20-43(21)33(46)24-10-13-29(36)28(18-24)35(37,38)39)45-32(25(19-41-45)17-22-6-4-3-5-7-22)44(34(27)47)26-11-8-23(9-12-26)31-40-14-15-42(31)2/h3-15,18-19,21,27,30H,16-17,20H2,1-2H3/t21-,27?,30?/m1/s1. The Bertz CT molecular complexity index is 1970. The van der Waals surface area contributed by atoms with E-state index in [2.05, 4.69) is 20.9 Å². The molecule has 0 spiro atoms. The van der Waals surface area contributed by atoms with Crippen molar-refractivity contribution in [1.29, 1.82) is 0 Å². The first-order chi connectivity index (χ1) is 22.5. The highest BCUT2D eigenvalue weighted by Gasteiger charge is 2.48. The van der Waals surface area contributed by atoms with Gasteiger partial charge in [-0.25, -0.2) is 9.67 Å². The van der Waals surface area contributed by atoms with Crippen LogP contribution in [-0.4, -0.2) is 48.6 Å². The van der Waals surface area contributed by atoms with Crippen LogP contribution in [-0.2, 0) is 24.4 Å². The number of alkyl halides is 3. The van der Waals surface area contributed by atoms with E-state index in [9.17, 15) is 22.8 Å². The summed E-state index contributed by atoms with van der Waals surface area (Å²) in [6, 6.07) is 20.2. The average molecular weight is 704 g/mol. The second kappa shape index (κ2) is 11.8. The van der Waals surface area contributed by atoms with Crippen LogP contribution in [0.3, 0.4) is 0 Å². The molecule has 1 fully saturated rings. The normalized spacial score (nSPS) is 19.4. The third-order valence-corrected chi connectivity index (χ3v) is 9.79. The molecule has 12 heteroatoms. The number of carbonyl (C=O) groups is 2. The molecule has 2 aromatic heterocycles. The summed E-state index contributed by atoms with van der Waals surface area (Å²) < 4.78 is 44.6. The van der Waals surface area contributed by atoms with E-state index >= 15 is 0 Å². The van der Waals surface area contributed by atoms with Crippen LogP contribution >= 0.6 is 15.9 Å². The van der Waals surface area contributed by atoms with Crippen molar-refractivity contribution in [1.82, 2.24) is 24.2 Å². The van der Waals surface area contributed by atoms with Gasteiger partial charge in [-0.15, -0.1) is 0 Å². The summed E-state index contributed by atoms with van der Waals surface area (Å²) in [5.74, 6) is 0.289. The van der Waals surface area contributed by atoms with Crippen LogP contribution in [0.5, 0.6) is 0 Å². The highest BCUT2D eigenvalue weighted by Crippen LogP contribution is 2.45. The Hall–Kier alpha value is -4.71. The Balaban J connectivity index is 1.27. The van der Waals surface area contributed by atoms with Gasteiger partial charge in [-0.05, 0) is 61.4 Å². The lowest BCUT2D eigenvalue weighted by Gasteiger charge is -2.47. The smallest absolute Gasteiger partial charge is 0.334 e. The van der Waals surface area contributed by atoms with Gasteiger partial charge in [0.05, 0.1) is 29.4 Å². The van der Waals surface area contributed by atoms with E-state index in [4.69, 9.17) is 5.10 Å². The Morgan fingerprint density at radius 1 is 1.04 bits per heavy atom. The maximum atomic E-state index is 14.5. The molecule has 3 aromatic carbocycles. The predicted molar refractivity (Wildman–Crippen MR) is 174 cm³/mol. The van der Waals surface area contributed by atoms with Gasteiger partial charge in [0.2, 0.25) is 5.91 Å². The molecule has 3 atom stereocenters. The number of halogens is 4. The van der Waals surface area contributed by atoms with Crippen LogP contribution in [0.2, 0.25) is 0 Å². The Morgan fingerprint density at radius 3 is 2.47 bits per heavy atom. The molecular weight excluding hydrogens is 673 g/mol. The lowest BCUT2D eigenvalue weighted by molar-refractivity contribution is -0.138. The number of piperidine rings is 1. The molecule has 47 heavy (non-hydrogen) atoms. The van der Waals surface area contributed by atoms with Crippen molar-refractivity contribution in [3.8, 4) is 11.4 Å². The van der Waals surface area contributed by atoms with Gasteiger partial charge in [0.1, 0.15) is 11.6 Å². The number of aryl methyl sites for hydroxylation is 1. The maximum Gasteiger partial charge on any atom is 0.417 e. The number of amides is 2. The third-order valence-electron chi connectivity index (χ3n) is 9.10. The van der Waals surface area contributed by atoms with Crippen molar-refractivity contribution in [2.45, 2.75) is 38.0 Å². The first kappa shape index (κ1) is 30.9. The molecule has 1 saturated heterocycles. The molecule has 2 aliphatic heterocycles. The molecule has 0 bridgehead atoms. The summed E-state index contributed by atoms with van der Waals surface area (Å²) in [5.41, 5.74) is 2.51. The molecule has 2 unspecified atom stereocenters. The fourth-order valence-electron chi connectivity index (χ4n) is 6.74. The molecule has 0 N–H and O–H groups in total. The molecule has 0 radical (unpaired) electrons. The van der Waals surface area contributed by atoms with Crippen LogP contribution < -0.4 is 4.90 Å². The molecular formula is C35H30BrF3N6O2. The summed E-state index contributed by atoms with van der Waals surface area (Å²) in [5, 5.41) is 4.78. The van der Waals surface area contributed by atoms with Gasteiger partial charge in [-0.1, -0.05) is 46.3 Å². The zero-order valence-electron chi connectivity index (χ0n) is 25.5. The number of fused-ring (bicyclic) bond motifs is 3. The Labute approximate surface area is 277 Å². The molecule has 2 amide bonds. The Morgan fingerprint density at radius 2 is 1.79 bits per heavy atom. The second-order valence-electron chi connectivity index (χ2n) is 12.1. The van der Waals surface area contributed by atoms with E-state index in [0.29, 0.717) is 24.3 Å². The van der Waals surface area contributed by atoms with Gasteiger partial charge in [-0.3, -0.25) is 14.5 Å². The second-order valence-corrected chi connectivity index (χ2v) is 12.9. The number of likely N-dealkylation sites (tertiary alicyclic amines) is 1. The number of hydrogen-bond donors (Lipinski definition) is 0. The minimum absolute atomic E-state index is 0.0622. The molecule has 0 saturated carbocycles. The van der Waals surface area contributed by atoms with Gasteiger partial charge >= 0.3 is 6.18 Å². The van der Waals surface area contributed by atoms with Crippen LogP contribution in [0.4, 0.5) is 24.7 Å². The van der Waals surface area contributed by atoms with Crippen molar-refractivity contribution in [2.75, 3.05) is 11.4 Å². The molecule has 4 heterocycles. The van der Waals surface area contributed by atoms with Crippen LogP contribution in [0.1, 0.15) is 46.4 Å². The zero-order chi connectivity index (χ0) is 33.0. The number of benzene rings is 3. The average Bonchev–Trinajstić information content (AvgIpc) is 3.67. The summed E-state index contributed by atoms with van der Waals surface area (Å²) in [4.78, 5) is 36.0. The minimum Gasteiger partial charge on any atom is -0.334 e. The van der Waals surface area contributed by atoms with Gasteiger partial charge in [0.25, 0.3) is 5.91 Å². The van der Waals surface area contributed by atoms with E-state index < -0.39 is 35.6 Å². The summed E-state index contributed by atoms with van der Waals surface area (Å²) >= 11 is 2.96. The molecule has 5 aromatic rings. The summed E-state index contributed by atoms with van der Waals surface area (Å²) in [6.45, 7) is 1.95. The number of anilines is 2. The van der Waals surface area contributed by atoms with Gasteiger partial charge in [-0.2, -0.15) is 18.3 Å².